The van der Waals surface area contributed by atoms with Gasteiger partial charge in [0, 0.05) is 25.2 Å². The van der Waals surface area contributed by atoms with Crippen LogP contribution >= 0.6 is 0 Å². The second kappa shape index (κ2) is 5.25. The topological polar surface area (TPSA) is 32.5 Å². The number of nitrogens with two attached hydrogens (primary N) is 1. The quantitative estimate of drug-likeness (QED) is 0.811. The maximum absolute atomic E-state index is 6.28. The van der Waals surface area contributed by atoms with Gasteiger partial charge in [-0.05, 0) is 51.7 Å². The van der Waals surface area contributed by atoms with E-state index in [1.54, 1.807) is 0 Å². The lowest BCUT2D eigenvalue weighted by atomic mass is 9.84. The highest BCUT2D eigenvalue weighted by Crippen LogP contribution is 2.37. The number of hydrogen-bond acceptors (Lipinski definition) is 3. The minimum absolute atomic E-state index is 0.352. The van der Waals surface area contributed by atoms with Crippen LogP contribution in [0.2, 0.25) is 0 Å². The fourth-order valence-electron chi connectivity index (χ4n) is 3.65. The first-order chi connectivity index (χ1) is 8.01. The van der Waals surface area contributed by atoms with Gasteiger partial charge in [0.05, 0.1) is 0 Å². The third-order valence-electron chi connectivity index (χ3n) is 4.99. The van der Waals surface area contributed by atoms with Crippen LogP contribution in [0.15, 0.2) is 0 Å². The molecule has 0 radical (unpaired) electrons. The van der Waals surface area contributed by atoms with Crippen molar-refractivity contribution >= 4 is 0 Å². The maximum Gasteiger partial charge on any atom is 0.0220 e. The van der Waals surface area contributed by atoms with Crippen LogP contribution in [0.4, 0.5) is 0 Å². The van der Waals surface area contributed by atoms with Crippen molar-refractivity contribution in [1.82, 2.24) is 9.80 Å². The monoisotopic (exact) mass is 239 g/mol. The Morgan fingerprint density at radius 1 is 1.35 bits per heavy atom. The molecular formula is C14H29N3. The van der Waals surface area contributed by atoms with Crippen LogP contribution in [0.5, 0.6) is 0 Å². The molecule has 0 aromatic heterocycles. The van der Waals surface area contributed by atoms with E-state index in [1.165, 1.54) is 51.7 Å². The highest BCUT2D eigenvalue weighted by Gasteiger charge is 2.38. The molecule has 17 heavy (non-hydrogen) atoms. The molecule has 1 aliphatic carbocycles. The van der Waals surface area contributed by atoms with Gasteiger partial charge in [0.1, 0.15) is 0 Å². The van der Waals surface area contributed by atoms with Crippen molar-refractivity contribution in [2.45, 2.75) is 51.1 Å². The van der Waals surface area contributed by atoms with Crippen LogP contribution in [-0.4, -0.2) is 55.6 Å². The van der Waals surface area contributed by atoms with Gasteiger partial charge < -0.3 is 15.5 Å². The Morgan fingerprint density at radius 3 is 2.71 bits per heavy atom. The lowest BCUT2D eigenvalue weighted by Crippen LogP contribution is -2.50. The lowest BCUT2D eigenvalue weighted by Gasteiger charge is -2.41. The fourth-order valence-corrected chi connectivity index (χ4v) is 3.65. The van der Waals surface area contributed by atoms with E-state index in [9.17, 15) is 0 Å². The second-order valence-electron chi connectivity index (χ2n) is 6.63. The summed E-state index contributed by atoms with van der Waals surface area (Å²) in [7, 11) is 4.53. The standard InChI is InChI=1S/C14H29N3/c1-14(8-4-7-13(14)15)11-17(3)12-6-5-9-16(2)10-12/h12-13H,4-11,15H2,1-3H3. The Labute approximate surface area is 106 Å². The molecule has 3 atom stereocenters. The van der Waals surface area contributed by atoms with Crippen LogP contribution in [0, 0.1) is 5.41 Å². The summed E-state index contributed by atoms with van der Waals surface area (Å²) in [5.74, 6) is 0. The van der Waals surface area contributed by atoms with Gasteiger partial charge in [-0.2, -0.15) is 0 Å². The van der Waals surface area contributed by atoms with Gasteiger partial charge >= 0.3 is 0 Å². The number of likely N-dealkylation sites (N-methyl/N-ethyl adjacent to an activating group) is 2. The van der Waals surface area contributed by atoms with E-state index in [2.05, 4.69) is 30.8 Å². The van der Waals surface area contributed by atoms with Crippen LogP contribution in [0.1, 0.15) is 39.0 Å². The van der Waals surface area contributed by atoms with E-state index in [-0.39, 0.29) is 0 Å². The summed E-state index contributed by atoms with van der Waals surface area (Å²) >= 11 is 0. The minimum atomic E-state index is 0.352. The van der Waals surface area contributed by atoms with E-state index in [0.717, 1.165) is 6.04 Å². The zero-order chi connectivity index (χ0) is 12.5. The minimum Gasteiger partial charge on any atom is -0.327 e. The molecule has 2 rings (SSSR count). The Morgan fingerprint density at radius 2 is 2.12 bits per heavy atom. The Bertz CT molecular complexity index is 256. The molecule has 0 aromatic carbocycles. The van der Waals surface area contributed by atoms with Crippen LogP contribution in [-0.2, 0) is 0 Å². The summed E-state index contributed by atoms with van der Waals surface area (Å²) in [4.78, 5) is 5.03. The van der Waals surface area contributed by atoms with E-state index >= 15 is 0 Å². The van der Waals surface area contributed by atoms with E-state index in [4.69, 9.17) is 5.73 Å². The molecule has 3 heteroatoms. The van der Waals surface area contributed by atoms with Gasteiger partial charge in [-0.15, -0.1) is 0 Å². The number of piperidine rings is 1. The predicted octanol–water partition coefficient (Wildman–Crippen LogP) is 1.53. The summed E-state index contributed by atoms with van der Waals surface area (Å²) in [6, 6.07) is 1.14. The molecule has 0 spiro atoms. The third kappa shape index (κ3) is 3.01. The van der Waals surface area contributed by atoms with Crippen molar-refractivity contribution in [3.63, 3.8) is 0 Å². The molecular weight excluding hydrogens is 210 g/mol. The smallest absolute Gasteiger partial charge is 0.0220 e. The van der Waals surface area contributed by atoms with Crippen LogP contribution < -0.4 is 5.73 Å². The SMILES string of the molecule is CN1CCCC(N(C)CC2(C)CCCC2N)C1. The van der Waals surface area contributed by atoms with Crippen molar-refractivity contribution < 1.29 is 0 Å². The Hall–Kier alpha value is -0.120. The normalized spacial score (nSPS) is 40.1. The molecule has 1 aliphatic heterocycles. The Kier molecular flexibility index (Phi) is 4.11. The molecule has 0 amide bonds. The highest BCUT2D eigenvalue weighted by atomic mass is 15.2. The number of nitrogens with zero attached hydrogens (tertiary/aromatic N) is 2. The molecule has 3 nitrogen and oxygen atoms in total. The van der Waals surface area contributed by atoms with Crippen molar-refractivity contribution in [2.24, 2.45) is 11.1 Å². The average Bonchev–Trinajstić information content (AvgIpc) is 2.59. The maximum atomic E-state index is 6.28. The van der Waals surface area contributed by atoms with Crippen molar-refractivity contribution in [3.05, 3.63) is 0 Å². The highest BCUT2D eigenvalue weighted by molar-refractivity contribution is 4.94. The summed E-state index contributed by atoms with van der Waals surface area (Å²) < 4.78 is 0. The van der Waals surface area contributed by atoms with Crippen molar-refractivity contribution in [1.29, 1.82) is 0 Å². The summed E-state index contributed by atoms with van der Waals surface area (Å²) in [6.07, 6.45) is 6.53. The summed E-state index contributed by atoms with van der Waals surface area (Å²) in [5, 5.41) is 0. The van der Waals surface area contributed by atoms with E-state index in [1.807, 2.05) is 0 Å². The predicted molar refractivity (Wildman–Crippen MR) is 73.1 cm³/mol. The molecule has 3 unspecified atom stereocenters. The van der Waals surface area contributed by atoms with Crippen LogP contribution in [0.25, 0.3) is 0 Å². The average molecular weight is 239 g/mol. The zero-order valence-corrected chi connectivity index (χ0v) is 11.8. The van der Waals surface area contributed by atoms with Gasteiger partial charge in [-0.3, -0.25) is 0 Å². The molecule has 1 saturated heterocycles. The fraction of sp³-hybridized carbons (Fsp3) is 1.00. The molecule has 0 bridgehead atoms. The van der Waals surface area contributed by atoms with E-state index < -0.39 is 0 Å². The summed E-state index contributed by atoms with van der Waals surface area (Å²) in [6.45, 7) is 6.04. The van der Waals surface area contributed by atoms with Crippen molar-refractivity contribution in [3.8, 4) is 0 Å². The second-order valence-corrected chi connectivity index (χ2v) is 6.63. The molecule has 2 N–H and O–H groups in total. The lowest BCUT2D eigenvalue weighted by molar-refractivity contribution is 0.0889. The first-order valence-electron chi connectivity index (χ1n) is 7.16. The van der Waals surface area contributed by atoms with Gasteiger partial charge in [-0.1, -0.05) is 13.3 Å². The van der Waals surface area contributed by atoms with Crippen LogP contribution in [0.3, 0.4) is 0 Å². The number of likely N-dealkylation sites (tertiary alicyclic amines) is 1. The van der Waals surface area contributed by atoms with Gasteiger partial charge in [0.2, 0.25) is 0 Å². The first-order valence-corrected chi connectivity index (χ1v) is 7.16. The number of hydrogen-bond donors (Lipinski definition) is 1. The van der Waals surface area contributed by atoms with Crippen molar-refractivity contribution in [2.75, 3.05) is 33.7 Å². The molecule has 1 heterocycles. The van der Waals surface area contributed by atoms with Gasteiger partial charge in [-0.25, -0.2) is 0 Å². The van der Waals surface area contributed by atoms with Gasteiger partial charge in [0.25, 0.3) is 0 Å². The molecule has 1 saturated carbocycles. The zero-order valence-electron chi connectivity index (χ0n) is 11.8. The molecule has 0 aromatic rings. The molecule has 100 valence electrons. The van der Waals surface area contributed by atoms with Gasteiger partial charge in [0.15, 0.2) is 0 Å². The van der Waals surface area contributed by atoms with E-state index in [0.29, 0.717) is 11.5 Å². The third-order valence-corrected chi connectivity index (χ3v) is 4.99. The Balaban J connectivity index is 1.89. The number of rotatable bonds is 3. The summed E-state index contributed by atoms with van der Waals surface area (Å²) in [5.41, 5.74) is 6.63. The molecule has 2 aliphatic rings. The first kappa shape index (κ1) is 13.3. The largest absolute Gasteiger partial charge is 0.327 e. The molecule has 2 fully saturated rings.